The van der Waals surface area contributed by atoms with E-state index in [2.05, 4.69) is 22.9 Å². The molecular formula is C16H26BrNO. The van der Waals surface area contributed by atoms with Gasteiger partial charge in [0.25, 0.3) is 0 Å². The fraction of sp³-hybridized carbons (Fsp3) is 0.625. The molecule has 1 rings (SSSR count). The van der Waals surface area contributed by atoms with E-state index in [4.69, 9.17) is 10.5 Å². The van der Waals surface area contributed by atoms with E-state index >= 15 is 0 Å². The zero-order valence-corrected chi connectivity index (χ0v) is 13.7. The number of benzene rings is 1. The average molecular weight is 328 g/mol. The molecule has 19 heavy (non-hydrogen) atoms. The minimum absolute atomic E-state index is 0.0932. The molecule has 3 heteroatoms. The number of hydrogen-bond acceptors (Lipinski definition) is 2. The Bertz CT molecular complexity index is 368. The van der Waals surface area contributed by atoms with Crippen molar-refractivity contribution in [3.8, 4) is 5.75 Å². The Morgan fingerprint density at radius 2 is 1.84 bits per heavy atom. The Hall–Kier alpha value is -0.540. The molecule has 0 spiro atoms. The van der Waals surface area contributed by atoms with Gasteiger partial charge in [0.2, 0.25) is 0 Å². The fourth-order valence-corrected chi connectivity index (χ4v) is 2.77. The summed E-state index contributed by atoms with van der Waals surface area (Å²) in [6.07, 6.45) is 8.87. The normalized spacial score (nSPS) is 12.4. The second-order valence-electron chi connectivity index (χ2n) is 5.05. The van der Waals surface area contributed by atoms with E-state index in [-0.39, 0.29) is 6.04 Å². The van der Waals surface area contributed by atoms with Gasteiger partial charge in [0, 0.05) is 10.5 Å². The van der Waals surface area contributed by atoms with Crippen LogP contribution in [0.15, 0.2) is 22.7 Å². The predicted octanol–water partition coefficient (Wildman–Crippen LogP) is 5.21. The van der Waals surface area contributed by atoms with E-state index in [0.29, 0.717) is 0 Å². The zero-order chi connectivity index (χ0) is 14.1. The lowest BCUT2D eigenvalue weighted by Crippen LogP contribution is -2.11. The Morgan fingerprint density at radius 3 is 2.53 bits per heavy atom. The third-order valence-corrected chi connectivity index (χ3v) is 4.19. The monoisotopic (exact) mass is 327 g/mol. The second-order valence-corrected chi connectivity index (χ2v) is 5.90. The van der Waals surface area contributed by atoms with Crippen molar-refractivity contribution in [2.45, 2.75) is 57.9 Å². The summed E-state index contributed by atoms with van der Waals surface area (Å²) in [7, 11) is 1.69. The summed E-state index contributed by atoms with van der Waals surface area (Å²) in [4.78, 5) is 0. The van der Waals surface area contributed by atoms with Crippen molar-refractivity contribution in [3.63, 3.8) is 0 Å². The molecule has 1 aromatic carbocycles. The van der Waals surface area contributed by atoms with Gasteiger partial charge in [0.15, 0.2) is 0 Å². The summed E-state index contributed by atoms with van der Waals surface area (Å²) in [6, 6.07) is 6.09. The van der Waals surface area contributed by atoms with Crippen LogP contribution in [0.25, 0.3) is 0 Å². The Balaban J connectivity index is 2.38. The minimum atomic E-state index is 0.0932. The van der Waals surface area contributed by atoms with Crippen molar-refractivity contribution in [1.29, 1.82) is 0 Å². The van der Waals surface area contributed by atoms with Crippen LogP contribution in [-0.4, -0.2) is 7.11 Å². The van der Waals surface area contributed by atoms with Crippen molar-refractivity contribution < 1.29 is 4.74 Å². The van der Waals surface area contributed by atoms with E-state index in [0.717, 1.165) is 22.2 Å². The van der Waals surface area contributed by atoms with Gasteiger partial charge >= 0.3 is 0 Å². The molecule has 0 heterocycles. The van der Waals surface area contributed by atoms with Gasteiger partial charge in [-0.2, -0.15) is 0 Å². The van der Waals surface area contributed by atoms with Gasteiger partial charge in [-0.3, -0.25) is 0 Å². The minimum Gasteiger partial charge on any atom is -0.497 e. The van der Waals surface area contributed by atoms with Gasteiger partial charge in [-0.1, -0.05) is 61.4 Å². The molecule has 0 fully saturated rings. The Labute approximate surface area is 125 Å². The van der Waals surface area contributed by atoms with Crippen molar-refractivity contribution in [3.05, 3.63) is 28.2 Å². The molecule has 2 N–H and O–H groups in total. The summed E-state index contributed by atoms with van der Waals surface area (Å²) >= 11 is 3.57. The molecule has 108 valence electrons. The maximum Gasteiger partial charge on any atom is 0.119 e. The average Bonchev–Trinajstić information content (AvgIpc) is 2.43. The van der Waals surface area contributed by atoms with Crippen LogP contribution in [0.2, 0.25) is 0 Å². The van der Waals surface area contributed by atoms with Crippen LogP contribution in [0.1, 0.15) is 63.5 Å². The molecule has 0 radical (unpaired) electrons. The van der Waals surface area contributed by atoms with E-state index in [1.807, 2.05) is 18.2 Å². The van der Waals surface area contributed by atoms with E-state index in [1.165, 1.54) is 38.5 Å². The summed E-state index contributed by atoms with van der Waals surface area (Å²) in [6.45, 7) is 2.25. The van der Waals surface area contributed by atoms with E-state index in [9.17, 15) is 0 Å². The molecule has 0 saturated carbocycles. The number of hydrogen-bond donors (Lipinski definition) is 1. The molecule has 0 saturated heterocycles. The highest BCUT2D eigenvalue weighted by molar-refractivity contribution is 9.10. The van der Waals surface area contributed by atoms with Crippen LogP contribution in [0.5, 0.6) is 5.75 Å². The Morgan fingerprint density at radius 1 is 1.16 bits per heavy atom. The highest BCUT2D eigenvalue weighted by Crippen LogP contribution is 2.29. The van der Waals surface area contributed by atoms with Gasteiger partial charge in [0.1, 0.15) is 5.75 Å². The van der Waals surface area contributed by atoms with Crippen LogP contribution < -0.4 is 10.5 Å². The first-order valence-electron chi connectivity index (χ1n) is 7.28. The quantitative estimate of drug-likeness (QED) is 0.632. The summed E-state index contributed by atoms with van der Waals surface area (Å²) < 4.78 is 6.33. The number of unbranched alkanes of at least 4 members (excludes halogenated alkanes) is 5. The molecular weight excluding hydrogens is 302 g/mol. The number of halogens is 1. The van der Waals surface area contributed by atoms with Crippen molar-refractivity contribution >= 4 is 15.9 Å². The maximum atomic E-state index is 6.27. The zero-order valence-electron chi connectivity index (χ0n) is 12.1. The third-order valence-electron chi connectivity index (χ3n) is 3.47. The van der Waals surface area contributed by atoms with Gasteiger partial charge in [-0.15, -0.1) is 0 Å². The van der Waals surface area contributed by atoms with E-state index in [1.54, 1.807) is 7.11 Å². The third kappa shape index (κ3) is 5.96. The largest absolute Gasteiger partial charge is 0.497 e. The molecule has 1 atom stereocenters. The van der Waals surface area contributed by atoms with Gasteiger partial charge in [-0.05, 0) is 30.2 Å². The summed E-state index contributed by atoms with van der Waals surface area (Å²) in [5, 5.41) is 0. The fourth-order valence-electron chi connectivity index (χ4n) is 2.23. The van der Waals surface area contributed by atoms with Gasteiger partial charge in [0.05, 0.1) is 7.11 Å². The predicted molar refractivity (Wildman–Crippen MR) is 85.6 cm³/mol. The molecule has 0 aromatic heterocycles. The number of ether oxygens (including phenoxy) is 1. The smallest absolute Gasteiger partial charge is 0.119 e. The number of methoxy groups -OCH3 is 1. The second kappa shape index (κ2) is 9.38. The van der Waals surface area contributed by atoms with Crippen LogP contribution >= 0.6 is 15.9 Å². The lowest BCUT2D eigenvalue weighted by Gasteiger charge is -2.15. The van der Waals surface area contributed by atoms with Crippen molar-refractivity contribution in [2.75, 3.05) is 7.11 Å². The lowest BCUT2D eigenvalue weighted by molar-refractivity contribution is 0.413. The number of nitrogens with two attached hydrogens (primary N) is 1. The van der Waals surface area contributed by atoms with E-state index < -0.39 is 0 Å². The van der Waals surface area contributed by atoms with Crippen LogP contribution in [0, 0.1) is 0 Å². The molecule has 0 amide bonds. The Kier molecular flexibility index (Phi) is 8.15. The van der Waals surface area contributed by atoms with Crippen LogP contribution in [0.3, 0.4) is 0 Å². The molecule has 1 unspecified atom stereocenters. The summed E-state index contributed by atoms with van der Waals surface area (Å²) in [5.74, 6) is 0.872. The van der Waals surface area contributed by atoms with Crippen LogP contribution in [-0.2, 0) is 0 Å². The van der Waals surface area contributed by atoms with Gasteiger partial charge < -0.3 is 10.5 Å². The first kappa shape index (κ1) is 16.5. The first-order chi connectivity index (χ1) is 9.19. The first-order valence-corrected chi connectivity index (χ1v) is 8.07. The molecule has 2 nitrogen and oxygen atoms in total. The maximum absolute atomic E-state index is 6.27. The van der Waals surface area contributed by atoms with Crippen LogP contribution in [0.4, 0.5) is 0 Å². The molecule has 1 aromatic rings. The summed E-state index contributed by atoms with van der Waals surface area (Å²) in [5.41, 5.74) is 7.42. The molecule has 0 bridgehead atoms. The highest BCUT2D eigenvalue weighted by atomic mass is 79.9. The SMILES string of the molecule is CCCCCCCCC(N)c1cc(OC)ccc1Br. The molecule has 0 aliphatic rings. The molecule has 0 aliphatic heterocycles. The van der Waals surface area contributed by atoms with Crippen molar-refractivity contribution in [1.82, 2.24) is 0 Å². The highest BCUT2D eigenvalue weighted by Gasteiger charge is 2.10. The van der Waals surface area contributed by atoms with Gasteiger partial charge in [-0.25, -0.2) is 0 Å². The molecule has 0 aliphatic carbocycles. The number of rotatable bonds is 9. The lowest BCUT2D eigenvalue weighted by atomic mass is 10.00. The van der Waals surface area contributed by atoms with Crippen molar-refractivity contribution in [2.24, 2.45) is 5.73 Å². The standard InChI is InChI=1S/C16H26BrNO/c1-3-4-5-6-7-8-9-16(18)14-12-13(19-2)10-11-15(14)17/h10-12,16H,3-9,18H2,1-2H3. The topological polar surface area (TPSA) is 35.2 Å².